The van der Waals surface area contributed by atoms with Crippen molar-refractivity contribution in [3.63, 3.8) is 0 Å². The maximum Gasteiger partial charge on any atom is 0.435 e. The number of carbonyl (C=O) groups is 1. The lowest BCUT2D eigenvalue weighted by molar-refractivity contribution is -0.157. The van der Waals surface area contributed by atoms with Crippen LogP contribution < -0.4 is 0 Å². The molecule has 0 amide bonds. The summed E-state index contributed by atoms with van der Waals surface area (Å²) in [5.41, 5.74) is -2.69. The average molecular weight is 305 g/mol. The molecule has 21 heavy (non-hydrogen) atoms. The van der Waals surface area contributed by atoms with Gasteiger partial charge in [-0.15, -0.1) is 5.10 Å². The maximum absolute atomic E-state index is 13.2. The lowest BCUT2D eigenvalue weighted by Crippen LogP contribution is -2.46. The second-order valence-electron chi connectivity index (χ2n) is 5.57. The average Bonchev–Trinajstić information content (AvgIpc) is 2.82. The number of alkyl halides is 3. The fourth-order valence-corrected chi connectivity index (χ4v) is 3.09. The number of carboxylic acids is 1. The van der Waals surface area contributed by atoms with Gasteiger partial charge in [0, 0.05) is 6.61 Å². The molecule has 0 aromatic carbocycles. The van der Waals surface area contributed by atoms with Crippen molar-refractivity contribution in [2.75, 3.05) is 6.61 Å². The van der Waals surface area contributed by atoms with E-state index in [4.69, 9.17) is 9.84 Å². The van der Waals surface area contributed by atoms with Gasteiger partial charge in [-0.25, -0.2) is 9.48 Å². The molecule has 1 aromatic rings. The van der Waals surface area contributed by atoms with Crippen molar-refractivity contribution >= 4 is 5.97 Å². The Morgan fingerprint density at radius 2 is 2.14 bits per heavy atom. The summed E-state index contributed by atoms with van der Waals surface area (Å²) in [5, 5.41) is 15.5. The highest BCUT2D eigenvalue weighted by molar-refractivity contribution is 5.86. The Balaban J connectivity index is 1.96. The van der Waals surface area contributed by atoms with E-state index < -0.39 is 29.6 Å². The second kappa shape index (κ2) is 4.69. The molecule has 1 spiro atoms. The van der Waals surface area contributed by atoms with E-state index in [0.717, 1.165) is 23.9 Å². The SMILES string of the molecule is O=C(O)c1nnn(C2CCOC3(CCC3)C2)c1C(F)(F)F. The van der Waals surface area contributed by atoms with E-state index in [1.165, 1.54) is 0 Å². The zero-order valence-electron chi connectivity index (χ0n) is 11.1. The molecule has 1 saturated carbocycles. The van der Waals surface area contributed by atoms with Gasteiger partial charge >= 0.3 is 12.1 Å². The van der Waals surface area contributed by atoms with Gasteiger partial charge in [-0.1, -0.05) is 5.21 Å². The first-order valence-electron chi connectivity index (χ1n) is 6.72. The quantitative estimate of drug-likeness (QED) is 0.907. The summed E-state index contributed by atoms with van der Waals surface area (Å²) < 4.78 is 45.9. The number of nitrogens with zero attached hydrogens (tertiary/aromatic N) is 3. The molecule has 1 saturated heterocycles. The molecule has 1 aliphatic heterocycles. The van der Waals surface area contributed by atoms with Gasteiger partial charge in [0.2, 0.25) is 5.69 Å². The molecule has 0 bridgehead atoms. The monoisotopic (exact) mass is 305 g/mol. The van der Waals surface area contributed by atoms with Crippen LogP contribution in [0.1, 0.15) is 54.3 Å². The minimum atomic E-state index is -4.80. The van der Waals surface area contributed by atoms with Crippen LogP contribution in [0.2, 0.25) is 0 Å². The van der Waals surface area contributed by atoms with Crippen LogP contribution in [0.4, 0.5) is 13.2 Å². The summed E-state index contributed by atoms with van der Waals surface area (Å²) in [4.78, 5) is 10.9. The van der Waals surface area contributed by atoms with Crippen molar-refractivity contribution in [3.05, 3.63) is 11.4 Å². The Hall–Kier alpha value is -1.64. The molecule has 9 heteroatoms. The molecule has 3 rings (SSSR count). The third-order valence-corrected chi connectivity index (χ3v) is 4.24. The first kappa shape index (κ1) is 14.3. The van der Waals surface area contributed by atoms with Gasteiger partial charge in [0.05, 0.1) is 11.6 Å². The smallest absolute Gasteiger partial charge is 0.435 e. The summed E-state index contributed by atoms with van der Waals surface area (Å²) in [6.45, 7) is 0.351. The van der Waals surface area contributed by atoms with E-state index in [0.29, 0.717) is 19.4 Å². The number of aromatic carboxylic acids is 1. The van der Waals surface area contributed by atoms with Gasteiger partial charge in [-0.3, -0.25) is 0 Å². The molecular weight excluding hydrogens is 291 g/mol. The van der Waals surface area contributed by atoms with Crippen LogP contribution >= 0.6 is 0 Å². The van der Waals surface area contributed by atoms with Crippen molar-refractivity contribution in [3.8, 4) is 0 Å². The molecule has 1 N–H and O–H groups in total. The van der Waals surface area contributed by atoms with Gasteiger partial charge in [0.15, 0.2) is 5.69 Å². The van der Waals surface area contributed by atoms with Gasteiger partial charge in [0.1, 0.15) is 0 Å². The minimum Gasteiger partial charge on any atom is -0.476 e. The third-order valence-electron chi connectivity index (χ3n) is 4.24. The largest absolute Gasteiger partial charge is 0.476 e. The number of carboxylic acid groups (broad SMARTS) is 1. The fourth-order valence-electron chi connectivity index (χ4n) is 3.09. The highest BCUT2D eigenvalue weighted by Gasteiger charge is 2.47. The molecule has 2 heterocycles. The summed E-state index contributed by atoms with van der Waals surface area (Å²) in [6.07, 6.45) is -1.37. The number of rotatable bonds is 2. The zero-order chi connectivity index (χ0) is 15.3. The molecule has 2 fully saturated rings. The van der Waals surface area contributed by atoms with E-state index >= 15 is 0 Å². The van der Waals surface area contributed by atoms with E-state index in [-0.39, 0.29) is 5.60 Å². The highest BCUT2D eigenvalue weighted by atomic mass is 19.4. The number of halogens is 3. The Labute approximate surface area is 117 Å². The van der Waals surface area contributed by atoms with Crippen LogP contribution in [0.15, 0.2) is 0 Å². The molecule has 1 aromatic heterocycles. The van der Waals surface area contributed by atoms with E-state index in [9.17, 15) is 18.0 Å². The zero-order valence-corrected chi connectivity index (χ0v) is 11.1. The Morgan fingerprint density at radius 1 is 1.43 bits per heavy atom. The van der Waals surface area contributed by atoms with Gasteiger partial charge in [0.25, 0.3) is 0 Å². The van der Waals surface area contributed by atoms with Crippen molar-refractivity contribution < 1.29 is 27.8 Å². The molecule has 0 radical (unpaired) electrons. The van der Waals surface area contributed by atoms with Crippen LogP contribution in [-0.2, 0) is 10.9 Å². The third kappa shape index (κ3) is 2.39. The van der Waals surface area contributed by atoms with Crippen LogP contribution in [0.3, 0.4) is 0 Å². The first-order chi connectivity index (χ1) is 9.82. The summed E-state index contributed by atoms with van der Waals surface area (Å²) in [5.74, 6) is -1.72. The van der Waals surface area contributed by atoms with E-state index in [1.54, 1.807) is 0 Å². The van der Waals surface area contributed by atoms with Crippen LogP contribution in [0, 0.1) is 0 Å². The van der Waals surface area contributed by atoms with Crippen molar-refractivity contribution in [2.45, 2.75) is 49.9 Å². The molecule has 116 valence electrons. The lowest BCUT2D eigenvalue weighted by Gasteiger charge is -2.47. The topological polar surface area (TPSA) is 77.2 Å². The van der Waals surface area contributed by atoms with Crippen molar-refractivity contribution in [1.29, 1.82) is 0 Å². The van der Waals surface area contributed by atoms with Gasteiger partial charge in [-0.05, 0) is 32.1 Å². The number of aromatic nitrogens is 3. The molecule has 1 unspecified atom stereocenters. The maximum atomic E-state index is 13.2. The minimum absolute atomic E-state index is 0.351. The summed E-state index contributed by atoms with van der Waals surface area (Å²) in [6, 6.07) is -0.531. The van der Waals surface area contributed by atoms with Crippen LogP contribution in [0.5, 0.6) is 0 Å². The van der Waals surface area contributed by atoms with Gasteiger partial charge < -0.3 is 9.84 Å². The van der Waals surface area contributed by atoms with E-state index in [1.807, 2.05) is 0 Å². The molecule has 6 nitrogen and oxygen atoms in total. The second-order valence-corrected chi connectivity index (χ2v) is 5.57. The first-order valence-corrected chi connectivity index (χ1v) is 6.72. The lowest BCUT2D eigenvalue weighted by atomic mass is 9.74. The number of hydrogen-bond acceptors (Lipinski definition) is 4. The molecule has 2 aliphatic rings. The van der Waals surface area contributed by atoms with Gasteiger partial charge in [-0.2, -0.15) is 13.2 Å². The number of hydrogen-bond donors (Lipinski definition) is 1. The fraction of sp³-hybridized carbons (Fsp3) is 0.750. The molecule has 1 aliphatic carbocycles. The van der Waals surface area contributed by atoms with Crippen molar-refractivity contribution in [1.82, 2.24) is 15.0 Å². The standard InChI is InChI=1S/C12H14F3N3O3/c13-12(14,15)9-8(10(19)20)16-17-18(9)7-2-5-21-11(6-7)3-1-4-11/h7H,1-6H2,(H,19,20). The highest BCUT2D eigenvalue weighted by Crippen LogP contribution is 2.46. The Bertz CT molecular complexity index is 566. The van der Waals surface area contributed by atoms with E-state index in [2.05, 4.69) is 10.3 Å². The normalized spacial score (nSPS) is 24.8. The van der Waals surface area contributed by atoms with Crippen LogP contribution in [-0.4, -0.2) is 38.3 Å². The predicted molar refractivity (Wildman–Crippen MR) is 62.8 cm³/mol. The summed E-state index contributed by atoms with van der Waals surface area (Å²) >= 11 is 0. The Morgan fingerprint density at radius 3 is 2.67 bits per heavy atom. The van der Waals surface area contributed by atoms with Crippen molar-refractivity contribution in [2.24, 2.45) is 0 Å². The summed E-state index contributed by atoms with van der Waals surface area (Å²) in [7, 11) is 0. The van der Waals surface area contributed by atoms with Crippen LogP contribution in [0.25, 0.3) is 0 Å². The number of ether oxygens (including phenoxy) is 1. The molecule has 1 atom stereocenters. The predicted octanol–water partition coefficient (Wildman–Crippen LogP) is 2.27. The Kier molecular flexibility index (Phi) is 3.19. The molecular formula is C12H14F3N3O3.